The van der Waals surface area contributed by atoms with Crippen LogP contribution in [-0.2, 0) is 20.9 Å². The van der Waals surface area contributed by atoms with Gasteiger partial charge in [-0.25, -0.2) is 4.79 Å². The number of nitrogens with one attached hydrogen (secondary N) is 2. The maximum Gasteiger partial charge on any atom is 0.408 e. The Morgan fingerprint density at radius 1 is 1.03 bits per heavy atom. The fourth-order valence-corrected chi connectivity index (χ4v) is 3.56. The van der Waals surface area contributed by atoms with E-state index in [0.29, 0.717) is 5.56 Å². The standard InChI is InChI=1S/C27H37N3O5/c1-18-12-13-22(16-19(18)2)23(24(32)28-17-21-10-8-7-9-11-21)30(14-15-31)25(33)20(3)29-26(34)35-27(4,5)6/h7-13,16,20,23,31H,14-15,17H2,1-6H3,(H,28,32)(H,29,34). The van der Waals surface area contributed by atoms with Crippen LogP contribution in [0.1, 0.15) is 56.0 Å². The number of alkyl carbamates (subject to hydrolysis) is 1. The molecule has 8 nitrogen and oxygen atoms in total. The largest absolute Gasteiger partial charge is 0.444 e. The number of hydrogen-bond donors (Lipinski definition) is 3. The summed E-state index contributed by atoms with van der Waals surface area (Å²) in [5, 5.41) is 15.2. The zero-order valence-corrected chi connectivity index (χ0v) is 21.4. The summed E-state index contributed by atoms with van der Waals surface area (Å²) >= 11 is 0. The molecule has 8 heteroatoms. The quantitative estimate of drug-likeness (QED) is 0.507. The summed E-state index contributed by atoms with van der Waals surface area (Å²) in [5.74, 6) is -0.897. The molecule has 0 saturated heterocycles. The molecule has 2 unspecified atom stereocenters. The van der Waals surface area contributed by atoms with Gasteiger partial charge < -0.3 is 25.4 Å². The minimum atomic E-state index is -0.999. The third-order valence-corrected chi connectivity index (χ3v) is 5.44. The molecule has 0 spiro atoms. The van der Waals surface area contributed by atoms with Gasteiger partial charge in [-0.1, -0.05) is 48.5 Å². The van der Waals surface area contributed by atoms with Crippen LogP contribution in [0.4, 0.5) is 4.79 Å². The molecule has 0 saturated carbocycles. The van der Waals surface area contributed by atoms with Crippen LogP contribution in [0.2, 0.25) is 0 Å². The van der Waals surface area contributed by atoms with Gasteiger partial charge in [-0.3, -0.25) is 9.59 Å². The van der Waals surface area contributed by atoms with Crippen LogP contribution in [0.3, 0.4) is 0 Å². The average molecular weight is 484 g/mol. The van der Waals surface area contributed by atoms with Gasteiger partial charge in [-0.05, 0) is 63.8 Å². The number of carbonyl (C=O) groups excluding carboxylic acids is 3. The van der Waals surface area contributed by atoms with E-state index in [-0.39, 0.29) is 25.6 Å². The van der Waals surface area contributed by atoms with E-state index in [2.05, 4.69) is 10.6 Å². The first kappa shape index (κ1) is 27.9. The topological polar surface area (TPSA) is 108 Å². The monoisotopic (exact) mass is 483 g/mol. The van der Waals surface area contributed by atoms with E-state index < -0.39 is 29.7 Å². The molecule has 0 bridgehead atoms. The lowest BCUT2D eigenvalue weighted by molar-refractivity contribution is -0.142. The van der Waals surface area contributed by atoms with E-state index in [1.807, 2.05) is 56.3 Å². The first-order valence-electron chi connectivity index (χ1n) is 11.7. The number of amides is 3. The third kappa shape index (κ3) is 8.40. The molecule has 2 aromatic carbocycles. The van der Waals surface area contributed by atoms with Crippen LogP contribution in [0.5, 0.6) is 0 Å². The SMILES string of the molecule is Cc1ccc(C(C(=O)NCc2ccccc2)N(CCO)C(=O)C(C)NC(=O)OC(C)(C)C)cc1C. The van der Waals surface area contributed by atoms with Crippen molar-refractivity contribution in [3.8, 4) is 0 Å². The summed E-state index contributed by atoms with van der Waals surface area (Å²) in [6.45, 7) is 10.4. The zero-order valence-electron chi connectivity index (χ0n) is 21.4. The van der Waals surface area contributed by atoms with Crippen molar-refractivity contribution in [1.82, 2.24) is 15.5 Å². The van der Waals surface area contributed by atoms with Crippen LogP contribution < -0.4 is 10.6 Å². The second-order valence-electron chi connectivity index (χ2n) is 9.57. The highest BCUT2D eigenvalue weighted by Crippen LogP contribution is 2.25. The van der Waals surface area contributed by atoms with Crippen molar-refractivity contribution in [2.24, 2.45) is 0 Å². The van der Waals surface area contributed by atoms with Crippen molar-refractivity contribution in [2.75, 3.05) is 13.2 Å². The molecule has 0 aliphatic carbocycles. The third-order valence-electron chi connectivity index (χ3n) is 5.44. The number of ether oxygens (including phenoxy) is 1. The number of rotatable bonds is 9. The summed E-state index contributed by atoms with van der Waals surface area (Å²) in [5.41, 5.74) is 2.83. The molecule has 0 radical (unpaired) electrons. The van der Waals surface area contributed by atoms with Crippen molar-refractivity contribution in [2.45, 2.75) is 65.8 Å². The van der Waals surface area contributed by atoms with Crippen LogP contribution in [0, 0.1) is 13.8 Å². The lowest BCUT2D eigenvalue weighted by Crippen LogP contribution is -2.52. The molecular formula is C27H37N3O5. The van der Waals surface area contributed by atoms with Gasteiger partial charge >= 0.3 is 6.09 Å². The molecule has 3 N–H and O–H groups in total. The Kier molecular flexibility index (Phi) is 9.83. The van der Waals surface area contributed by atoms with Crippen LogP contribution in [0.15, 0.2) is 48.5 Å². The van der Waals surface area contributed by atoms with Crippen LogP contribution >= 0.6 is 0 Å². The molecule has 3 amide bonds. The molecule has 2 aromatic rings. The zero-order chi connectivity index (χ0) is 26.2. The van der Waals surface area contributed by atoms with Crippen molar-refractivity contribution in [1.29, 1.82) is 0 Å². The van der Waals surface area contributed by atoms with Crippen molar-refractivity contribution >= 4 is 17.9 Å². The summed E-state index contributed by atoms with van der Waals surface area (Å²) < 4.78 is 5.26. The van der Waals surface area contributed by atoms with Gasteiger partial charge in [0.1, 0.15) is 17.7 Å². The maximum absolute atomic E-state index is 13.5. The predicted molar refractivity (Wildman–Crippen MR) is 135 cm³/mol. The van der Waals surface area contributed by atoms with Gasteiger partial charge in [0.25, 0.3) is 0 Å². The molecule has 2 atom stereocenters. The first-order chi connectivity index (χ1) is 16.4. The highest BCUT2D eigenvalue weighted by Gasteiger charge is 2.34. The van der Waals surface area contributed by atoms with E-state index in [1.54, 1.807) is 26.8 Å². The number of carbonyl (C=O) groups is 3. The molecule has 0 aliphatic rings. The van der Waals surface area contributed by atoms with Gasteiger partial charge in [0.05, 0.1) is 6.61 Å². The Hall–Kier alpha value is -3.39. The molecule has 0 aliphatic heterocycles. The number of aliphatic hydroxyl groups excluding tert-OH is 1. The van der Waals surface area contributed by atoms with Crippen molar-refractivity contribution in [3.05, 3.63) is 70.8 Å². The maximum atomic E-state index is 13.5. The minimum Gasteiger partial charge on any atom is -0.444 e. The van der Waals surface area contributed by atoms with E-state index in [9.17, 15) is 19.5 Å². The lowest BCUT2D eigenvalue weighted by atomic mass is 9.98. The number of aliphatic hydroxyl groups is 1. The molecule has 0 heterocycles. The Labute approximate surface area is 207 Å². The summed E-state index contributed by atoms with van der Waals surface area (Å²) in [6, 6.07) is 13.0. The molecule has 190 valence electrons. The highest BCUT2D eigenvalue weighted by atomic mass is 16.6. The van der Waals surface area contributed by atoms with Crippen LogP contribution in [0.25, 0.3) is 0 Å². The number of nitrogens with zero attached hydrogens (tertiary/aromatic N) is 1. The molecule has 35 heavy (non-hydrogen) atoms. The molecule has 0 aromatic heterocycles. The van der Waals surface area contributed by atoms with E-state index in [4.69, 9.17) is 4.74 Å². The van der Waals surface area contributed by atoms with Gasteiger partial charge in [0.2, 0.25) is 11.8 Å². The normalized spacial score (nSPS) is 12.9. The minimum absolute atomic E-state index is 0.0878. The smallest absolute Gasteiger partial charge is 0.408 e. The van der Waals surface area contributed by atoms with Gasteiger partial charge in [-0.15, -0.1) is 0 Å². The fraction of sp³-hybridized carbons (Fsp3) is 0.444. The van der Waals surface area contributed by atoms with Gasteiger partial charge in [0, 0.05) is 13.1 Å². The molecule has 0 fully saturated rings. The highest BCUT2D eigenvalue weighted by molar-refractivity contribution is 5.92. The Balaban J connectivity index is 2.35. The van der Waals surface area contributed by atoms with Gasteiger partial charge in [0.15, 0.2) is 0 Å². The number of benzene rings is 2. The second kappa shape index (κ2) is 12.4. The second-order valence-corrected chi connectivity index (χ2v) is 9.57. The fourth-order valence-electron chi connectivity index (χ4n) is 3.56. The molecule has 2 rings (SSSR count). The van der Waals surface area contributed by atoms with Gasteiger partial charge in [-0.2, -0.15) is 0 Å². The Morgan fingerprint density at radius 2 is 1.69 bits per heavy atom. The summed E-state index contributed by atoms with van der Waals surface area (Å²) in [7, 11) is 0. The lowest BCUT2D eigenvalue weighted by Gasteiger charge is -2.33. The molecular weight excluding hydrogens is 446 g/mol. The van der Waals surface area contributed by atoms with Crippen molar-refractivity contribution in [3.63, 3.8) is 0 Å². The van der Waals surface area contributed by atoms with E-state index in [1.165, 1.54) is 11.8 Å². The Morgan fingerprint density at radius 3 is 2.26 bits per heavy atom. The summed E-state index contributed by atoms with van der Waals surface area (Å²) in [6.07, 6.45) is -0.737. The number of hydrogen-bond acceptors (Lipinski definition) is 5. The number of aryl methyl sites for hydroxylation is 2. The van der Waals surface area contributed by atoms with E-state index in [0.717, 1.165) is 16.7 Å². The van der Waals surface area contributed by atoms with E-state index >= 15 is 0 Å². The summed E-state index contributed by atoms with van der Waals surface area (Å²) in [4.78, 5) is 40.4. The average Bonchev–Trinajstić information content (AvgIpc) is 2.78. The first-order valence-corrected chi connectivity index (χ1v) is 11.7. The van der Waals surface area contributed by atoms with Crippen molar-refractivity contribution < 1.29 is 24.2 Å². The Bertz CT molecular complexity index is 1020. The van der Waals surface area contributed by atoms with Crippen LogP contribution in [-0.4, -0.2) is 52.7 Å². The predicted octanol–water partition coefficient (Wildman–Crippen LogP) is 3.40.